The van der Waals surface area contributed by atoms with Crippen LogP contribution in [0.3, 0.4) is 0 Å². The molecule has 1 amide bonds. The highest BCUT2D eigenvalue weighted by Gasteiger charge is 2.20. The van der Waals surface area contributed by atoms with Crippen LogP contribution >= 0.6 is 11.3 Å². The van der Waals surface area contributed by atoms with Gasteiger partial charge in [-0.25, -0.2) is 17.7 Å². The Labute approximate surface area is 134 Å². The molecule has 1 aromatic heterocycles. The minimum absolute atomic E-state index is 0.113. The van der Waals surface area contributed by atoms with E-state index in [1.54, 1.807) is 40.0 Å². The van der Waals surface area contributed by atoms with Crippen LogP contribution in [0.25, 0.3) is 10.2 Å². The zero-order valence-electron chi connectivity index (χ0n) is 13.0. The van der Waals surface area contributed by atoms with Crippen LogP contribution in [0.1, 0.15) is 20.8 Å². The lowest BCUT2D eigenvalue weighted by atomic mass is 10.2. The van der Waals surface area contributed by atoms with Gasteiger partial charge in [0.15, 0.2) is 5.13 Å². The maximum atomic E-state index is 12.3. The Hall–Kier alpha value is -1.51. The second-order valence-corrected chi connectivity index (χ2v) is 8.29. The zero-order valence-corrected chi connectivity index (χ0v) is 14.6. The average Bonchev–Trinajstić information content (AvgIpc) is 2.87. The van der Waals surface area contributed by atoms with Crippen molar-refractivity contribution in [2.24, 2.45) is 5.92 Å². The highest BCUT2D eigenvalue weighted by molar-refractivity contribution is 7.89. The number of benzene rings is 1. The van der Waals surface area contributed by atoms with Gasteiger partial charge in [-0.3, -0.25) is 4.79 Å². The summed E-state index contributed by atoms with van der Waals surface area (Å²) in [5, 5.41) is 3.21. The van der Waals surface area contributed by atoms with Gasteiger partial charge in [-0.1, -0.05) is 32.1 Å². The van der Waals surface area contributed by atoms with E-state index in [2.05, 4.69) is 10.3 Å². The normalized spacial score (nSPS) is 12.3. The quantitative estimate of drug-likeness (QED) is 0.906. The van der Waals surface area contributed by atoms with Crippen LogP contribution in [0.4, 0.5) is 5.13 Å². The molecule has 0 saturated carbocycles. The molecule has 2 rings (SSSR count). The first-order chi connectivity index (χ1) is 10.3. The van der Waals surface area contributed by atoms with Crippen molar-refractivity contribution >= 4 is 42.6 Å². The summed E-state index contributed by atoms with van der Waals surface area (Å²) >= 11 is 1.27. The first kappa shape index (κ1) is 16.9. The number of hydrogen-bond acceptors (Lipinski definition) is 5. The van der Waals surface area contributed by atoms with Gasteiger partial charge in [-0.05, 0) is 18.2 Å². The van der Waals surface area contributed by atoms with E-state index in [9.17, 15) is 13.2 Å². The van der Waals surface area contributed by atoms with Gasteiger partial charge in [-0.2, -0.15) is 0 Å². The van der Waals surface area contributed by atoms with Crippen molar-refractivity contribution in [2.45, 2.75) is 25.7 Å². The lowest BCUT2D eigenvalue weighted by Crippen LogP contribution is -2.26. The Kier molecular flexibility index (Phi) is 4.84. The van der Waals surface area contributed by atoms with Gasteiger partial charge >= 0.3 is 0 Å². The molecule has 0 unspecified atom stereocenters. The minimum atomic E-state index is -3.48. The molecule has 6 nitrogen and oxygen atoms in total. The molecule has 8 heteroatoms. The standard InChI is InChI=1S/C14H19N3O3S2/c1-5-17(4)22(19,20)10-6-7-11-12(8-10)21-14(15-11)16-13(18)9(2)3/h6-9H,5H2,1-4H3,(H,15,16,18). The zero-order chi connectivity index (χ0) is 16.5. The fourth-order valence-corrected chi connectivity index (χ4v) is 3.91. The number of fused-ring (bicyclic) bond motifs is 1. The molecule has 0 aliphatic rings. The predicted molar refractivity (Wildman–Crippen MR) is 88.6 cm³/mol. The Morgan fingerprint density at radius 3 is 2.68 bits per heavy atom. The van der Waals surface area contributed by atoms with Crippen LogP contribution in [-0.2, 0) is 14.8 Å². The molecule has 0 bridgehead atoms. The molecule has 0 saturated heterocycles. The van der Waals surface area contributed by atoms with Gasteiger partial charge in [0.2, 0.25) is 15.9 Å². The van der Waals surface area contributed by atoms with E-state index < -0.39 is 10.0 Å². The molecule has 1 heterocycles. The van der Waals surface area contributed by atoms with E-state index in [-0.39, 0.29) is 16.7 Å². The van der Waals surface area contributed by atoms with Crippen molar-refractivity contribution in [3.8, 4) is 0 Å². The summed E-state index contributed by atoms with van der Waals surface area (Å²) in [6.07, 6.45) is 0. The van der Waals surface area contributed by atoms with Crippen LogP contribution in [-0.4, -0.2) is 37.2 Å². The van der Waals surface area contributed by atoms with Crippen LogP contribution in [0.15, 0.2) is 23.1 Å². The summed E-state index contributed by atoms with van der Waals surface area (Å²) in [5.41, 5.74) is 0.669. The molecule has 0 aliphatic carbocycles. The number of hydrogen-bond donors (Lipinski definition) is 1. The summed E-state index contributed by atoms with van der Waals surface area (Å²) in [7, 11) is -1.94. The molecular formula is C14H19N3O3S2. The van der Waals surface area contributed by atoms with Crippen molar-refractivity contribution < 1.29 is 13.2 Å². The highest BCUT2D eigenvalue weighted by Crippen LogP contribution is 2.29. The SMILES string of the molecule is CCN(C)S(=O)(=O)c1ccc2nc(NC(=O)C(C)C)sc2c1. The van der Waals surface area contributed by atoms with Crippen molar-refractivity contribution in [1.29, 1.82) is 0 Å². The predicted octanol–water partition coefficient (Wildman–Crippen LogP) is 2.53. The fourth-order valence-electron chi connectivity index (χ4n) is 1.72. The van der Waals surface area contributed by atoms with E-state index in [0.29, 0.717) is 17.2 Å². The number of carbonyl (C=O) groups is 1. The monoisotopic (exact) mass is 341 g/mol. The van der Waals surface area contributed by atoms with Crippen molar-refractivity contribution in [3.63, 3.8) is 0 Å². The number of carbonyl (C=O) groups excluding carboxylic acids is 1. The summed E-state index contributed by atoms with van der Waals surface area (Å²) < 4.78 is 26.7. The molecule has 0 fully saturated rings. The Morgan fingerprint density at radius 1 is 1.41 bits per heavy atom. The Bertz CT molecular complexity index is 797. The second-order valence-electron chi connectivity index (χ2n) is 5.21. The third kappa shape index (κ3) is 3.29. The van der Waals surface area contributed by atoms with Crippen molar-refractivity contribution in [3.05, 3.63) is 18.2 Å². The molecule has 2 aromatic rings. The summed E-state index contributed by atoms with van der Waals surface area (Å²) in [6.45, 7) is 5.78. The summed E-state index contributed by atoms with van der Waals surface area (Å²) in [6, 6.07) is 4.80. The van der Waals surface area contributed by atoms with E-state index in [0.717, 1.165) is 4.70 Å². The largest absolute Gasteiger partial charge is 0.302 e. The van der Waals surface area contributed by atoms with Gasteiger partial charge < -0.3 is 5.32 Å². The maximum absolute atomic E-state index is 12.3. The van der Waals surface area contributed by atoms with Crippen molar-refractivity contribution in [1.82, 2.24) is 9.29 Å². The molecular weight excluding hydrogens is 322 g/mol. The topological polar surface area (TPSA) is 79.4 Å². The third-order valence-electron chi connectivity index (χ3n) is 3.27. The molecule has 1 N–H and O–H groups in total. The molecule has 0 aliphatic heterocycles. The lowest BCUT2D eigenvalue weighted by Gasteiger charge is -2.14. The summed E-state index contributed by atoms with van der Waals surface area (Å²) in [4.78, 5) is 16.2. The molecule has 22 heavy (non-hydrogen) atoms. The van der Waals surface area contributed by atoms with Gasteiger partial charge in [-0.15, -0.1) is 0 Å². The van der Waals surface area contributed by atoms with Gasteiger partial charge in [0.25, 0.3) is 0 Å². The van der Waals surface area contributed by atoms with Crippen LogP contribution in [0.2, 0.25) is 0 Å². The van der Waals surface area contributed by atoms with E-state index in [4.69, 9.17) is 0 Å². The first-order valence-electron chi connectivity index (χ1n) is 6.93. The van der Waals surface area contributed by atoms with E-state index in [1.807, 2.05) is 0 Å². The number of nitrogens with one attached hydrogen (secondary N) is 1. The van der Waals surface area contributed by atoms with E-state index >= 15 is 0 Å². The summed E-state index contributed by atoms with van der Waals surface area (Å²) in [5.74, 6) is -0.251. The number of anilines is 1. The minimum Gasteiger partial charge on any atom is -0.302 e. The maximum Gasteiger partial charge on any atom is 0.242 e. The fraction of sp³-hybridized carbons (Fsp3) is 0.429. The Balaban J connectivity index is 2.38. The second kappa shape index (κ2) is 6.31. The number of thiazole rings is 1. The molecule has 0 spiro atoms. The number of rotatable bonds is 5. The van der Waals surface area contributed by atoms with Crippen molar-refractivity contribution in [2.75, 3.05) is 18.9 Å². The highest BCUT2D eigenvalue weighted by atomic mass is 32.2. The lowest BCUT2D eigenvalue weighted by molar-refractivity contribution is -0.118. The number of aromatic nitrogens is 1. The smallest absolute Gasteiger partial charge is 0.242 e. The third-order valence-corrected chi connectivity index (χ3v) is 6.13. The van der Waals surface area contributed by atoms with Crippen LogP contribution in [0.5, 0.6) is 0 Å². The number of amides is 1. The average molecular weight is 341 g/mol. The Morgan fingerprint density at radius 2 is 2.09 bits per heavy atom. The first-order valence-corrected chi connectivity index (χ1v) is 9.19. The molecule has 0 radical (unpaired) electrons. The molecule has 120 valence electrons. The van der Waals surface area contributed by atoms with Gasteiger partial charge in [0.1, 0.15) is 0 Å². The molecule has 1 aromatic carbocycles. The van der Waals surface area contributed by atoms with Gasteiger partial charge in [0, 0.05) is 19.5 Å². The van der Waals surface area contributed by atoms with Crippen LogP contribution in [0, 0.1) is 5.92 Å². The van der Waals surface area contributed by atoms with E-state index in [1.165, 1.54) is 21.7 Å². The number of sulfonamides is 1. The van der Waals surface area contributed by atoms with Gasteiger partial charge in [0.05, 0.1) is 15.1 Å². The van der Waals surface area contributed by atoms with Crippen LogP contribution < -0.4 is 5.32 Å². The number of nitrogens with zero attached hydrogens (tertiary/aromatic N) is 2. The molecule has 0 atom stereocenters.